The summed E-state index contributed by atoms with van der Waals surface area (Å²) in [6.45, 7) is 4.25. The minimum Gasteiger partial charge on any atom is -0.494 e. The SMILES string of the molecule is CCOc1ccc(N2C(=O)C(Cc3ccc(Cl)c(Cl)c3)S/C2=C(/C#N)C(=O)Nc2ccccc2C)cc1. The highest BCUT2D eigenvalue weighted by molar-refractivity contribution is 8.05. The summed E-state index contributed by atoms with van der Waals surface area (Å²) in [6.07, 6.45) is 0.343. The van der Waals surface area contributed by atoms with E-state index in [0.717, 1.165) is 11.1 Å². The van der Waals surface area contributed by atoms with E-state index in [1.54, 1.807) is 54.6 Å². The average Bonchev–Trinajstić information content (AvgIpc) is 3.19. The summed E-state index contributed by atoms with van der Waals surface area (Å²) in [6, 6.07) is 21.5. The number of rotatable bonds is 7. The molecule has 1 aliphatic rings. The van der Waals surface area contributed by atoms with E-state index >= 15 is 0 Å². The van der Waals surface area contributed by atoms with Crippen LogP contribution in [0.25, 0.3) is 0 Å². The molecule has 0 saturated carbocycles. The van der Waals surface area contributed by atoms with Crippen molar-refractivity contribution in [1.29, 1.82) is 5.26 Å². The number of nitrogens with one attached hydrogen (secondary N) is 1. The van der Waals surface area contributed by atoms with E-state index in [4.69, 9.17) is 27.9 Å². The number of thioether (sulfide) groups is 1. The zero-order valence-electron chi connectivity index (χ0n) is 20.1. The summed E-state index contributed by atoms with van der Waals surface area (Å²) in [5.41, 5.74) is 2.65. The predicted molar refractivity (Wildman–Crippen MR) is 149 cm³/mol. The minimum atomic E-state index is -0.585. The van der Waals surface area contributed by atoms with Crippen LogP contribution < -0.4 is 15.0 Å². The lowest BCUT2D eigenvalue weighted by Gasteiger charge is -2.19. The molecule has 1 saturated heterocycles. The molecule has 1 N–H and O–H groups in total. The Kier molecular flexibility index (Phi) is 8.45. The van der Waals surface area contributed by atoms with E-state index in [0.29, 0.717) is 40.2 Å². The van der Waals surface area contributed by atoms with E-state index in [9.17, 15) is 14.9 Å². The summed E-state index contributed by atoms with van der Waals surface area (Å²) >= 11 is 13.4. The Labute approximate surface area is 229 Å². The van der Waals surface area contributed by atoms with Crippen molar-refractivity contribution in [3.05, 3.63) is 98.5 Å². The lowest BCUT2D eigenvalue weighted by Crippen LogP contribution is -2.31. The largest absolute Gasteiger partial charge is 0.494 e. The molecule has 0 aromatic heterocycles. The molecule has 37 heavy (non-hydrogen) atoms. The van der Waals surface area contributed by atoms with Crippen LogP contribution in [-0.4, -0.2) is 23.7 Å². The normalized spacial score (nSPS) is 16.4. The molecule has 1 aliphatic heterocycles. The number of halogens is 2. The molecule has 9 heteroatoms. The zero-order valence-corrected chi connectivity index (χ0v) is 22.5. The number of nitriles is 1. The number of para-hydroxylation sites is 1. The van der Waals surface area contributed by atoms with Crippen LogP contribution in [0.3, 0.4) is 0 Å². The van der Waals surface area contributed by atoms with Crippen molar-refractivity contribution in [1.82, 2.24) is 0 Å². The van der Waals surface area contributed by atoms with Crippen LogP contribution in [0.5, 0.6) is 5.75 Å². The van der Waals surface area contributed by atoms with Crippen LogP contribution in [0.4, 0.5) is 11.4 Å². The Morgan fingerprint density at radius 2 is 1.84 bits per heavy atom. The molecule has 4 rings (SSSR count). The first-order valence-electron chi connectivity index (χ1n) is 11.5. The number of anilines is 2. The highest BCUT2D eigenvalue weighted by Crippen LogP contribution is 2.42. The third kappa shape index (κ3) is 5.94. The van der Waals surface area contributed by atoms with Gasteiger partial charge in [-0.15, -0.1) is 0 Å². The van der Waals surface area contributed by atoms with Crippen molar-refractivity contribution < 1.29 is 14.3 Å². The van der Waals surface area contributed by atoms with Gasteiger partial charge in [-0.3, -0.25) is 14.5 Å². The number of hydrogen-bond acceptors (Lipinski definition) is 5. The highest BCUT2D eigenvalue weighted by atomic mass is 35.5. The van der Waals surface area contributed by atoms with Crippen LogP contribution in [0.15, 0.2) is 77.3 Å². The first-order chi connectivity index (χ1) is 17.8. The Morgan fingerprint density at radius 1 is 1.11 bits per heavy atom. The topological polar surface area (TPSA) is 82.4 Å². The maximum absolute atomic E-state index is 13.7. The fourth-order valence-corrected chi connectivity index (χ4v) is 5.49. The van der Waals surface area contributed by atoms with Gasteiger partial charge in [0.1, 0.15) is 22.4 Å². The van der Waals surface area contributed by atoms with Crippen LogP contribution in [0.1, 0.15) is 18.1 Å². The number of hydrogen-bond donors (Lipinski definition) is 1. The van der Waals surface area contributed by atoms with Crippen molar-refractivity contribution in [3.63, 3.8) is 0 Å². The summed E-state index contributed by atoms with van der Waals surface area (Å²) in [7, 11) is 0. The molecule has 3 aromatic carbocycles. The third-order valence-corrected chi connectivity index (χ3v) is 7.71. The van der Waals surface area contributed by atoms with E-state index in [-0.39, 0.29) is 16.5 Å². The van der Waals surface area contributed by atoms with Gasteiger partial charge in [-0.2, -0.15) is 5.26 Å². The Balaban J connectivity index is 1.73. The van der Waals surface area contributed by atoms with Gasteiger partial charge < -0.3 is 10.1 Å². The molecule has 0 bridgehead atoms. The summed E-state index contributed by atoms with van der Waals surface area (Å²) in [4.78, 5) is 28.4. The molecular formula is C28H23Cl2N3O3S. The Bertz CT molecular complexity index is 1420. The van der Waals surface area contributed by atoms with E-state index in [2.05, 4.69) is 5.32 Å². The van der Waals surface area contributed by atoms with Crippen molar-refractivity contribution in [2.45, 2.75) is 25.5 Å². The number of aryl methyl sites for hydroxylation is 1. The lowest BCUT2D eigenvalue weighted by molar-refractivity contribution is -0.117. The Hall–Kier alpha value is -3.44. The van der Waals surface area contributed by atoms with Crippen LogP contribution in [0.2, 0.25) is 10.0 Å². The number of carbonyl (C=O) groups is 2. The molecule has 1 fully saturated rings. The molecule has 0 spiro atoms. The standard InChI is InChI=1S/C28H23Cl2N3O3S/c1-3-36-20-11-9-19(10-12-20)33-27(35)25(15-18-8-13-22(29)23(30)14-18)37-28(33)21(16-31)26(34)32-24-7-5-4-6-17(24)2/h4-14,25H,3,15H2,1-2H3,(H,32,34)/b28-21-. The van der Waals surface area contributed by atoms with Gasteiger partial charge in [-0.1, -0.05) is 59.2 Å². The fraction of sp³-hybridized carbons (Fsp3) is 0.179. The van der Waals surface area contributed by atoms with Gasteiger partial charge in [0.05, 0.1) is 21.9 Å². The number of benzene rings is 3. The van der Waals surface area contributed by atoms with Crippen LogP contribution in [-0.2, 0) is 16.0 Å². The molecule has 0 aliphatic carbocycles. The number of ether oxygens (including phenoxy) is 1. The number of amides is 2. The molecule has 1 atom stereocenters. The van der Waals surface area contributed by atoms with Crippen molar-refractivity contribution in [3.8, 4) is 11.8 Å². The highest BCUT2D eigenvalue weighted by Gasteiger charge is 2.41. The number of nitrogens with zero attached hydrogens (tertiary/aromatic N) is 2. The molecule has 188 valence electrons. The van der Waals surface area contributed by atoms with E-state index < -0.39 is 11.2 Å². The molecule has 6 nitrogen and oxygen atoms in total. The predicted octanol–water partition coefficient (Wildman–Crippen LogP) is 6.77. The van der Waals surface area contributed by atoms with Gasteiger partial charge in [0.15, 0.2) is 0 Å². The van der Waals surface area contributed by atoms with Crippen molar-refractivity contribution in [2.75, 3.05) is 16.8 Å². The smallest absolute Gasteiger partial charge is 0.269 e. The zero-order chi connectivity index (χ0) is 26.5. The molecule has 1 unspecified atom stereocenters. The lowest BCUT2D eigenvalue weighted by atomic mass is 10.1. The van der Waals surface area contributed by atoms with Gasteiger partial charge in [0.25, 0.3) is 5.91 Å². The summed E-state index contributed by atoms with van der Waals surface area (Å²) in [5, 5.41) is 13.4. The average molecular weight is 552 g/mol. The summed E-state index contributed by atoms with van der Waals surface area (Å²) in [5.74, 6) is -0.175. The number of carbonyl (C=O) groups excluding carboxylic acids is 2. The van der Waals surface area contributed by atoms with Gasteiger partial charge >= 0.3 is 0 Å². The molecule has 2 amide bonds. The van der Waals surface area contributed by atoms with E-state index in [1.165, 1.54) is 16.7 Å². The van der Waals surface area contributed by atoms with E-state index in [1.807, 2.05) is 32.0 Å². The first kappa shape index (κ1) is 26.6. The third-order valence-electron chi connectivity index (χ3n) is 5.71. The Morgan fingerprint density at radius 3 is 2.49 bits per heavy atom. The monoisotopic (exact) mass is 551 g/mol. The molecule has 1 heterocycles. The second-order valence-corrected chi connectivity index (χ2v) is 10.2. The van der Waals surface area contributed by atoms with Crippen LogP contribution >= 0.6 is 35.0 Å². The fourth-order valence-electron chi connectivity index (χ4n) is 3.86. The van der Waals surface area contributed by atoms with Gasteiger partial charge in [0.2, 0.25) is 5.91 Å². The quantitative estimate of drug-likeness (QED) is 0.259. The summed E-state index contributed by atoms with van der Waals surface area (Å²) < 4.78 is 5.52. The minimum absolute atomic E-state index is 0.146. The maximum Gasteiger partial charge on any atom is 0.269 e. The van der Waals surface area contributed by atoms with Crippen molar-refractivity contribution in [2.24, 2.45) is 0 Å². The molecular weight excluding hydrogens is 529 g/mol. The van der Waals surface area contributed by atoms with Crippen molar-refractivity contribution >= 4 is 58.2 Å². The first-order valence-corrected chi connectivity index (χ1v) is 13.1. The maximum atomic E-state index is 13.7. The molecule has 3 aromatic rings. The van der Waals surface area contributed by atoms with Gasteiger partial charge in [-0.05, 0) is 73.9 Å². The van der Waals surface area contributed by atoms with Crippen LogP contribution in [0, 0.1) is 18.3 Å². The van der Waals surface area contributed by atoms with Gasteiger partial charge in [0, 0.05) is 11.4 Å². The second-order valence-electron chi connectivity index (χ2n) is 8.22. The molecule has 0 radical (unpaired) electrons. The second kappa shape index (κ2) is 11.7. The van der Waals surface area contributed by atoms with Gasteiger partial charge in [-0.25, -0.2) is 0 Å².